The summed E-state index contributed by atoms with van der Waals surface area (Å²) in [5.74, 6) is 2.18. The summed E-state index contributed by atoms with van der Waals surface area (Å²) in [6.07, 6.45) is 0. The topological polar surface area (TPSA) is 12.0 Å². The molecular weight excluding hydrogens is 206 g/mol. The second-order valence-corrected chi connectivity index (χ2v) is 5.35. The maximum absolute atomic E-state index is 6.21. The van der Waals surface area contributed by atoms with E-state index in [9.17, 15) is 0 Å². The molecule has 0 amide bonds. The van der Waals surface area contributed by atoms with Crippen LogP contribution in [-0.2, 0) is 0 Å². The van der Waals surface area contributed by atoms with E-state index in [1.54, 1.807) is 0 Å². The molecule has 15 heavy (non-hydrogen) atoms. The summed E-state index contributed by atoms with van der Waals surface area (Å²) in [7, 11) is 0. The molecule has 0 bridgehead atoms. The van der Waals surface area contributed by atoms with Gasteiger partial charge >= 0.3 is 0 Å². The minimum atomic E-state index is 0.691. The molecule has 80 valence electrons. The number of benzene rings is 1. The van der Waals surface area contributed by atoms with Crippen molar-refractivity contribution in [3.05, 3.63) is 33.8 Å². The first-order chi connectivity index (χ1) is 7.18. The number of aryl methyl sites for hydroxylation is 1. The minimum absolute atomic E-state index is 0.691. The Bertz CT molecular complexity index is 413. The number of halogens is 1. The first kappa shape index (κ1) is 9.68. The van der Waals surface area contributed by atoms with E-state index in [-0.39, 0.29) is 0 Å². The summed E-state index contributed by atoms with van der Waals surface area (Å²) < 4.78 is 0. The lowest BCUT2D eigenvalue weighted by molar-refractivity contribution is 0.487. The second-order valence-electron chi connectivity index (χ2n) is 4.95. The van der Waals surface area contributed by atoms with Gasteiger partial charge < -0.3 is 5.32 Å². The van der Waals surface area contributed by atoms with E-state index in [1.165, 1.54) is 16.7 Å². The highest BCUT2D eigenvalue weighted by Crippen LogP contribution is 2.49. The van der Waals surface area contributed by atoms with Gasteiger partial charge in [0, 0.05) is 17.5 Å². The van der Waals surface area contributed by atoms with Crippen molar-refractivity contribution >= 4 is 11.6 Å². The average Bonchev–Trinajstić information content (AvgIpc) is 2.75. The highest BCUT2D eigenvalue weighted by atomic mass is 35.5. The SMILES string of the molecule is Cc1cc2c(cc1Cl)[C@H]1CNC[C@H]1C2C. The van der Waals surface area contributed by atoms with Crippen LogP contribution < -0.4 is 5.32 Å². The lowest BCUT2D eigenvalue weighted by Gasteiger charge is -2.12. The Kier molecular flexibility index (Phi) is 2.08. The van der Waals surface area contributed by atoms with Gasteiger partial charge in [-0.15, -0.1) is 0 Å². The van der Waals surface area contributed by atoms with Crippen LogP contribution in [0.3, 0.4) is 0 Å². The molecule has 1 aliphatic heterocycles. The molecule has 1 nitrogen and oxygen atoms in total. The van der Waals surface area contributed by atoms with E-state index < -0.39 is 0 Å². The zero-order valence-electron chi connectivity index (χ0n) is 9.18. The predicted octanol–water partition coefficient (Wildman–Crippen LogP) is 3.07. The monoisotopic (exact) mass is 221 g/mol. The minimum Gasteiger partial charge on any atom is -0.316 e. The van der Waals surface area contributed by atoms with Crippen LogP contribution in [0.4, 0.5) is 0 Å². The summed E-state index contributed by atoms with van der Waals surface area (Å²) in [4.78, 5) is 0. The maximum Gasteiger partial charge on any atom is 0.0438 e. The van der Waals surface area contributed by atoms with Gasteiger partial charge in [-0.1, -0.05) is 24.6 Å². The van der Waals surface area contributed by atoms with Gasteiger partial charge in [-0.25, -0.2) is 0 Å². The number of hydrogen-bond acceptors (Lipinski definition) is 1. The molecular formula is C13H16ClN. The fourth-order valence-corrected chi connectivity index (χ4v) is 3.40. The lowest BCUT2D eigenvalue weighted by Crippen LogP contribution is -2.12. The quantitative estimate of drug-likeness (QED) is 0.710. The van der Waals surface area contributed by atoms with Gasteiger partial charge in [-0.2, -0.15) is 0 Å². The number of rotatable bonds is 0. The molecule has 2 heteroatoms. The summed E-state index contributed by atoms with van der Waals surface area (Å²) in [6, 6.07) is 4.49. The molecule has 1 aromatic rings. The van der Waals surface area contributed by atoms with Crippen LogP contribution in [0.15, 0.2) is 12.1 Å². The summed E-state index contributed by atoms with van der Waals surface area (Å²) >= 11 is 6.21. The second kappa shape index (κ2) is 3.23. The Morgan fingerprint density at radius 2 is 2.07 bits per heavy atom. The third-order valence-electron chi connectivity index (χ3n) is 4.16. The van der Waals surface area contributed by atoms with Gasteiger partial charge in [0.1, 0.15) is 0 Å². The molecule has 0 radical (unpaired) electrons. The summed E-state index contributed by atoms with van der Waals surface area (Å²) in [5, 5.41) is 4.41. The smallest absolute Gasteiger partial charge is 0.0438 e. The number of hydrogen-bond donors (Lipinski definition) is 1. The molecule has 1 fully saturated rings. The van der Waals surface area contributed by atoms with Crippen LogP contribution in [0.25, 0.3) is 0 Å². The Hall–Kier alpha value is -0.530. The number of fused-ring (bicyclic) bond motifs is 3. The largest absolute Gasteiger partial charge is 0.316 e. The van der Waals surface area contributed by atoms with E-state index in [4.69, 9.17) is 11.6 Å². The molecule has 3 rings (SSSR count). The van der Waals surface area contributed by atoms with Crippen molar-refractivity contribution in [1.29, 1.82) is 0 Å². The molecule has 2 aliphatic rings. The van der Waals surface area contributed by atoms with Crippen LogP contribution in [0.5, 0.6) is 0 Å². The van der Waals surface area contributed by atoms with Crippen LogP contribution >= 0.6 is 11.6 Å². The van der Waals surface area contributed by atoms with Crippen LogP contribution in [0.1, 0.15) is 35.4 Å². The fraction of sp³-hybridized carbons (Fsp3) is 0.538. The van der Waals surface area contributed by atoms with E-state index >= 15 is 0 Å². The fourth-order valence-electron chi connectivity index (χ4n) is 3.23. The van der Waals surface area contributed by atoms with Crippen LogP contribution in [0, 0.1) is 12.8 Å². The molecule has 1 N–H and O–H groups in total. The molecule has 1 saturated heterocycles. The van der Waals surface area contributed by atoms with Crippen LogP contribution in [0.2, 0.25) is 5.02 Å². The molecule has 1 aromatic carbocycles. The Morgan fingerprint density at radius 1 is 1.27 bits per heavy atom. The van der Waals surface area contributed by atoms with E-state index in [0.29, 0.717) is 11.8 Å². The van der Waals surface area contributed by atoms with Gasteiger partial charge in [-0.05, 0) is 48.1 Å². The van der Waals surface area contributed by atoms with Gasteiger partial charge in [0.15, 0.2) is 0 Å². The summed E-state index contributed by atoms with van der Waals surface area (Å²) in [6.45, 7) is 6.74. The maximum atomic E-state index is 6.21. The molecule has 0 spiro atoms. The van der Waals surface area contributed by atoms with E-state index in [1.807, 2.05) is 0 Å². The zero-order valence-corrected chi connectivity index (χ0v) is 9.93. The van der Waals surface area contributed by atoms with Gasteiger partial charge in [0.2, 0.25) is 0 Å². The molecule has 0 aromatic heterocycles. The van der Waals surface area contributed by atoms with Gasteiger partial charge in [-0.3, -0.25) is 0 Å². The van der Waals surface area contributed by atoms with Crippen molar-refractivity contribution in [2.45, 2.75) is 25.7 Å². The summed E-state index contributed by atoms with van der Waals surface area (Å²) in [5.41, 5.74) is 4.25. The first-order valence-electron chi connectivity index (χ1n) is 5.69. The number of nitrogens with one attached hydrogen (secondary N) is 1. The molecule has 3 atom stereocenters. The normalized spacial score (nSPS) is 32.9. The Balaban J connectivity index is 2.15. The van der Waals surface area contributed by atoms with Crippen molar-refractivity contribution in [2.24, 2.45) is 5.92 Å². The van der Waals surface area contributed by atoms with E-state index in [0.717, 1.165) is 24.0 Å². The highest BCUT2D eigenvalue weighted by molar-refractivity contribution is 6.31. The van der Waals surface area contributed by atoms with E-state index in [2.05, 4.69) is 31.3 Å². The standard InChI is InChI=1S/C13H16ClN/c1-7-3-9-8(2)11-5-15-6-12(11)10(9)4-13(7)14/h3-4,8,11-12,15H,5-6H2,1-2H3/t8?,11-,12+/m0/s1. The first-order valence-corrected chi connectivity index (χ1v) is 6.07. The average molecular weight is 222 g/mol. The zero-order chi connectivity index (χ0) is 10.6. The molecule has 1 unspecified atom stereocenters. The van der Waals surface area contributed by atoms with Crippen molar-refractivity contribution in [3.8, 4) is 0 Å². The third-order valence-corrected chi connectivity index (χ3v) is 4.56. The van der Waals surface area contributed by atoms with Crippen molar-refractivity contribution in [3.63, 3.8) is 0 Å². The van der Waals surface area contributed by atoms with Crippen molar-refractivity contribution in [1.82, 2.24) is 5.32 Å². The van der Waals surface area contributed by atoms with Crippen molar-refractivity contribution in [2.75, 3.05) is 13.1 Å². The molecule has 1 heterocycles. The van der Waals surface area contributed by atoms with Gasteiger partial charge in [0.05, 0.1) is 0 Å². The molecule has 0 saturated carbocycles. The Labute approximate surface area is 95.8 Å². The van der Waals surface area contributed by atoms with Crippen LogP contribution in [-0.4, -0.2) is 13.1 Å². The Morgan fingerprint density at radius 3 is 2.87 bits per heavy atom. The van der Waals surface area contributed by atoms with Gasteiger partial charge in [0.25, 0.3) is 0 Å². The predicted molar refractivity (Wildman–Crippen MR) is 63.7 cm³/mol. The lowest BCUT2D eigenvalue weighted by atomic mass is 9.91. The highest BCUT2D eigenvalue weighted by Gasteiger charge is 2.41. The van der Waals surface area contributed by atoms with Crippen molar-refractivity contribution < 1.29 is 0 Å². The molecule has 1 aliphatic carbocycles. The third kappa shape index (κ3) is 1.26.